The summed E-state index contributed by atoms with van der Waals surface area (Å²) in [5.74, 6) is -4.43. The fourth-order valence-electron chi connectivity index (χ4n) is 7.63. The zero-order valence-corrected chi connectivity index (χ0v) is 28.4. The third-order valence-electron chi connectivity index (χ3n) is 10.1. The predicted octanol–water partition coefficient (Wildman–Crippen LogP) is 6.02. The van der Waals surface area contributed by atoms with Crippen LogP contribution in [0.15, 0.2) is 41.2 Å². The van der Waals surface area contributed by atoms with E-state index in [1.165, 1.54) is 37.4 Å². The Labute approximate surface area is 292 Å². The standard InChI is InChI=1S/C35H37F9N4O4/c1-46(2)17-19-7-10-26-24(15-19)28(34(39,40)41)27(29(49)47(26)3)23-9-8-21-20(5-4-6-22(21)23)16-25(30(50)51)45-31(52)32(35(42,43)44)11-13-48(14-12-32)18-33(36,37)38/h4-7,10,15,23,25H,8-9,11-14,16-18H2,1-3H3,(H,45,52)(H,50,51)/t23-,25-/m0/s1. The van der Waals surface area contributed by atoms with Crippen LogP contribution in [0.25, 0.3) is 10.9 Å². The van der Waals surface area contributed by atoms with Gasteiger partial charge in [-0.15, -0.1) is 0 Å². The summed E-state index contributed by atoms with van der Waals surface area (Å²) in [6.45, 7) is -2.54. The van der Waals surface area contributed by atoms with Crippen LogP contribution in [-0.2, 0) is 42.2 Å². The van der Waals surface area contributed by atoms with E-state index in [0.717, 1.165) is 9.47 Å². The lowest BCUT2D eigenvalue weighted by Gasteiger charge is -2.42. The molecule has 52 heavy (non-hydrogen) atoms. The Morgan fingerprint density at radius 2 is 1.67 bits per heavy atom. The van der Waals surface area contributed by atoms with Gasteiger partial charge in [-0.2, -0.15) is 39.5 Å². The van der Waals surface area contributed by atoms with E-state index in [1.807, 2.05) is 5.32 Å². The second kappa shape index (κ2) is 14.0. The second-order valence-electron chi connectivity index (χ2n) is 13.9. The van der Waals surface area contributed by atoms with Crippen molar-refractivity contribution < 1.29 is 54.2 Å². The molecule has 1 fully saturated rings. The molecule has 2 N–H and O–H groups in total. The Morgan fingerprint density at radius 3 is 2.23 bits per heavy atom. The number of nitrogens with zero attached hydrogens (tertiary/aromatic N) is 3. The van der Waals surface area contributed by atoms with Gasteiger partial charge in [0.15, 0.2) is 0 Å². The van der Waals surface area contributed by atoms with Crippen LogP contribution >= 0.6 is 0 Å². The Morgan fingerprint density at radius 1 is 1.02 bits per heavy atom. The minimum absolute atomic E-state index is 0.0449. The molecule has 2 aliphatic rings. The summed E-state index contributed by atoms with van der Waals surface area (Å²) in [6, 6.07) is 7.00. The van der Waals surface area contributed by atoms with Gasteiger partial charge in [-0.05, 0) is 87.3 Å². The van der Waals surface area contributed by atoms with Crippen molar-refractivity contribution in [3.05, 3.63) is 80.1 Å². The maximum absolute atomic E-state index is 14.9. The summed E-state index contributed by atoms with van der Waals surface area (Å²) in [5.41, 5.74) is -3.91. The molecule has 0 spiro atoms. The van der Waals surface area contributed by atoms with Crippen LogP contribution in [-0.4, -0.2) is 83.5 Å². The number of fused-ring (bicyclic) bond motifs is 2. The van der Waals surface area contributed by atoms with Crippen molar-refractivity contribution >= 4 is 22.8 Å². The highest BCUT2D eigenvalue weighted by Gasteiger charge is 2.61. The maximum atomic E-state index is 14.9. The number of carbonyl (C=O) groups excluding carboxylic acids is 1. The molecular weight excluding hydrogens is 711 g/mol. The summed E-state index contributed by atoms with van der Waals surface area (Å²) in [5, 5.41) is 11.8. The van der Waals surface area contributed by atoms with Crippen LogP contribution in [0.5, 0.6) is 0 Å². The molecule has 0 radical (unpaired) electrons. The SMILES string of the molecule is CN(C)Cc1ccc2c(c1)c(C(F)(F)F)c([C@H]1CCc3c(C[C@H](NC(=O)C4(C(F)(F)F)CCN(CC(F)(F)F)CC4)C(=O)O)cccc31)c(=O)n2C. The van der Waals surface area contributed by atoms with Gasteiger partial charge in [-0.3, -0.25) is 14.5 Å². The van der Waals surface area contributed by atoms with Crippen LogP contribution < -0.4 is 10.9 Å². The molecule has 0 bridgehead atoms. The van der Waals surface area contributed by atoms with Gasteiger partial charge in [-0.25, -0.2) is 4.79 Å². The Bertz CT molecular complexity index is 1910. The van der Waals surface area contributed by atoms with E-state index in [-0.39, 0.29) is 29.3 Å². The topological polar surface area (TPSA) is 94.9 Å². The second-order valence-corrected chi connectivity index (χ2v) is 13.9. The number of carbonyl (C=O) groups is 2. The molecule has 2 heterocycles. The van der Waals surface area contributed by atoms with Crippen LogP contribution in [0.3, 0.4) is 0 Å². The molecule has 2 atom stereocenters. The highest BCUT2D eigenvalue weighted by Crippen LogP contribution is 2.48. The van der Waals surface area contributed by atoms with Crippen LogP contribution in [0.2, 0.25) is 0 Å². The molecule has 1 aromatic heterocycles. The zero-order chi connectivity index (χ0) is 38.6. The molecule has 1 aliphatic heterocycles. The Balaban J connectivity index is 1.49. The number of piperidine rings is 1. The van der Waals surface area contributed by atoms with E-state index in [9.17, 15) is 59.0 Å². The van der Waals surface area contributed by atoms with E-state index in [4.69, 9.17) is 0 Å². The number of pyridine rings is 1. The summed E-state index contributed by atoms with van der Waals surface area (Å²) < 4.78 is 128. The first-order chi connectivity index (χ1) is 24.0. The number of rotatable bonds is 9. The molecule has 2 aromatic carbocycles. The monoisotopic (exact) mass is 748 g/mol. The number of alkyl halides is 9. The van der Waals surface area contributed by atoms with Crippen LogP contribution in [0, 0.1) is 5.41 Å². The normalized spacial score (nSPS) is 18.8. The average molecular weight is 749 g/mol. The summed E-state index contributed by atoms with van der Waals surface area (Å²) >= 11 is 0. The molecule has 17 heteroatoms. The summed E-state index contributed by atoms with van der Waals surface area (Å²) in [6.07, 6.45) is -17.2. The van der Waals surface area contributed by atoms with Gasteiger partial charge >= 0.3 is 24.5 Å². The van der Waals surface area contributed by atoms with Crippen LogP contribution in [0.4, 0.5) is 39.5 Å². The number of aliphatic carboxylic acids is 1. The van der Waals surface area contributed by atoms with Gasteiger partial charge in [0.2, 0.25) is 5.91 Å². The lowest BCUT2D eigenvalue weighted by Crippen LogP contribution is -2.59. The lowest BCUT2D eigenvalue weighted by atomic mass is 9.76. The number of carboxylic acid groups (broad SMARTS) is 1. The van der Waals surface area contributed by atoms with Crippen LogP contribution in [0.1, 0.15) is 58.6 Å². The van der Waals surface area contributed by atoms with Crippen molar-refractivity contribution in [3.63, 3.8) is 0 Å². The van der Waals surface area contributed by atoms with Crippen molar-refractivity contribution in [1.29, 1.82) is 0 Å². The highest BCUT2D eigenvalue weighted by atomic mass is 19.4. The Kier molecular flexibility index (Phi) is 10.5. The van der Waals surface area contributed by atoms with Crippen molar-refractivity contribution in [3.8, 4) is 0 Å². The number of hydrogen-bond acceptors (Lipinski definition) is 5. The minimum atomic E-state index is -5.21. The quantitative estimate of drug-likeness (QED) is 0.261. The van der Waals surface area contributed by atoms with E-state index in [1.54, 1.807) is 25.1 Å². The third-order valence-corrected chi connectivity index (χ3v) is 10.1. The lowest BCUT2D eigenvalue weighted by molar-refractivity contribution is -0.236. The van der Waals surface area contributed by atoms with Crippen molar-refractivity contribution in [2.75, 3.05) is 33.7 Å². The number of benzene rings is 2. The smallest absolute Gasteiger partial charge is 0.417 e. The highest BCUT2D eigenvalue weighted by molar-refractivity contribution is 5.88. The number of aromatic nitrogens is 1. The number of carboxylic acids is 1. The van der Waals surface area contributed by atoms with Gasteiger partial charge in [-0.1, -0.05) is 24.3 Å². The number of likely N-dealkylation sites (tertiary alicyclic amines) is 1. The van der Waals surface area contributed by atoms with E-state index < -0.39 is 103 Å². The van der Waals surface area contributed by atoms with Gasteiger partial charge < -0.3 is 19.9 Å². The first kappa shape index (κ1) is 39.1. The van der Waals surface area contributed by atoms with Gasteiger partial charge in [0.05, 0.1) is 17.6 Å². The molecule has 1 saturated heterocycles. The maximum Gasteiger partial charge on any atom is 0.417 e. The van der Waals surface area contributed by atoms with E-state index >= 15 is 0 Å². The fourth-order valence-corrected chi connectivity index (χ4v) is 7.63. The first-order valence-electron chi connectivity index (χ1n) is 16.4. The molecule has 0 unspecified atom stereocenters. The van der Waals surface area contributed by atoms with Crippen molar-refractivity contribution in [1.82, 2.24) is 19.7 Å². The number of aryl methyl sites for hydroxylation is 1. The summed E-state index contributed by atoms with van der Waals surface area (Å²) in [4.78, 5) is 41.8. The first-order valence-corrected chi connectivity index (χ1v) is 16.4. The van der Waals surface area contributed by atoms with Crippen molar-refractivity contribution in [2.24, 2.45) is 12.5 Å². The van der Waals surface area contributed by atoms with Crippen molar-refractivity contribution in [2.45, 2.75) is 69.1 Å². The number of amides is 1. The molecule has 8 nitrogen and oxygen atoms in total. The van der Waals surface area contributed by atoms with E-state index in [0.29, 0.717) is 23.2 Å². The summed E-state index contributed by atoms with van der Waals surface area (Å²) in [7, 11) is 4.89. The molecule has 5 rings (SSSR count). The fraction of sp³-hybridized carbons (Fsp3) is 0.514. The Hall–Kier alpha value is -4.12. The molecule has 1 amide bonds. The third kappa shape index (κ3) is 7.65. The van der Waals surface area contributed by atoms with Gasteiger partial charge in [0.25, 0.3) is 5.56 Å². The number of nitrogens with one attached hydrogen (secondary N) is 1. The largest absolute Gasteiger partial charge is 0.480 e. The van der Waals surface area contributed by atoms with E-state index in [2.05, 4.69) is 0 Å². The predicted molar refractivity (Wildman–Crippen MR) is 172 cm³/mol. The molecular formula is C35H37F9N4O4. The average Bonchev–Trinajstić information content (AvgIpc) is 3.45. The van der Waals surface area contributed by atoms with Gasteiger partial charge in [0.1, 0.15) is 11.5 Å². The molecule has 284 valence electrons. The molecule has 3 aromatic rings. The number of halogens is 9. The minimum Gasteiger partial charge on any atom is -0.480 e. The molecule has 1 aliphatic carbocycles. The zero-order valence-electron chi connectivity index (χ0n) is 28.4. The van der Waals surface area contributed by atoms with Gasteiger partial charge in [0, 0.05) is 36.9 Å². The molecule has 0 saturated carbocycles. The number of hydrogen-bond donors (Lipinski definition) is 2.